The fourth-order valence-electron chi connectivity index (χ4n) is 3.34. The standard InChI is InChI=1S/C12H20O4/c1-12(2,10(15-3)11(13)14)8-6-7-4-5-9(8)16-7/h7-10H,4-6H2,1-3H3,(H,13,14). The maximum absolute atomic E-state index is 11.2. The van der Waals surface area contributed by atoms with E-state index in [1.54, 1.807) is 0 Å². The summed E-state index contributed by atoms with van der Waals surface area (Å²) in [6, 6.07) is 0. The fourth-order valence-corrected chi connectivity index (χ4v) is 3.34. The molecule has 0 aromatic rings. The van der Waals surface area contributed by atoms with Crippen LogP contribution in [-0.4, -0.2) is 36.5 Å². The molecule has 2 heterocycles. The van der Waals surface area contributed by atoms with Crippen molar-refractivity contribution in [2.45, 2.75) is 51.4 Å². The first-order valence-electron chi connectivity index (χ1n) is 5.88. The van der Waals surface area contributed by atoms with Crippen molar-refractivity contribution < 1.29 is 19.4 Å². The molecule has 0 amide bonds. The number of hydrogen-bond donors (Lipinski definition) is 1. The van der Waals surface area contributed by atoms with Crippen LogP contribution in [0.5, 0.6) is 0 Å². The summed E-state index contributed by atoms with van der Waals surface area (Å²) in [4.78, 5) is 11.2. The average Bonchev–Trinajstić information content (AvgIpc) is 2.78. The van der Waals surface area contributed by atoms with Crippen LogP contribution >= 0.6 is 0 Å². The molecule has 2 fully saturated rings. The average molecular weight is 228 g/mol. The van der Waals surface area contributed by atoms with Crippen molar-refractivity contribution in [1.29, 1.82) is 0 Å². The van der Waals surface area contributed by atoms with Crippen LogP contribution in [0, 0.1) is 11.3 Å². The third-order valence-corrected chi connectivity index (χ3v) is 4.20. The monoisotopic (exact) mass is 228 g/mol. The quantitative estimate of drug-likeness (QED) is 0.795. The van der Waals surface area contributed by atoms with Gasteiger partial charge < -0.3 is 14.6 Å². The van der Waals surface area contributed by atoms with Crippen LogP contribution in [0.25, 0.3) is 0 Å². The molecule has 0 spiro atoms. The zero-order valence-electron chi connectivity index (χ0n) is 10.1. The van der Waals surface area contributed by atoms with Crippen LogP contribution < -0.4 is 0 Å². The van der Waals surface area contributed by atoms with Gasteiger partial charge >= 0.3 is 5.97 Å². The summed E-state index contributed by atoms with van der Waals surface area (Å²) < 4.78 is 10.9. The van der Waals surface area contributed by atoms with Gasteiger partial charge in [0.05, 0.1) is 12.2 Å². The van der Waals surface area contributed by atoms with Gasteiger partial charge in [-0.05, 0) is 25.2 Å². The van der Waals surface area contributed by atoms with E-state index in [4.69, 9.17) is 9.47 Å². The lowest BCUT2D eigenvalue weighted by molar-refractivity contribution is -0.160. The van der Waals surface area contributed by atoms with Crippen LogP contribution in [0.3, 0.4) is 0 Å². The SMILES string of the molecule is COC(C(=O)O)C(C)(C)C1CC2CCC1O2. The van der Waals surface area contributed by atoms with E-state index in [9.17, 15) is 9.90 Å². The number of methoxy groups -OCH3 is 1. The largest absolute Gasteiger partial charge is 0.479 e. The minimum atomic E-state index is -0.879. The molecule has 2 rings (SSSR count). The fraction of sp³-hybridized carbons (Fsp3) is 0.917. The smallest absolute Gasteiger partial charge is 0.333 e. The number of carbonyl (C=O) groups is 1. The zero-order chi connectivity index (χ0) is 11.9. The van der Waals surface area contributed by atoms with Gasteiger partial charge in [-0.25, -0.2) is 4.79 Å². The third kappa shape index (κ3) is 1.74. The Morgan fingerprint density at radius 2 is 2.19 bits per heavy atom. The van der Waals surface area contributed by atoms with Gasteiger partial charge in [-0.1, -0.05) is 13.8 Å². The van der Waals surface area contributed by atoms with E-state index in [0.717, 1.165) is 19.3 Å². The summed E-state index contributed by atoms with van der Waals surface area (Å²) in [7, 11) is 1.47. The van der Waals surface area contributed by atoms with Gasteiger partial charge in [0.25, 0.3) is 0 Å². The second-order valence-electron chi connectivity index (χ2n) is 5.49. The van der Waals surface area contributed by atoms with Gasteiger partial charge in [0.2, 0.25) is 0 Å². The van der Waals surface area contributed by atoms with Gasteiger partial charge in [0.15, 0.2) is 6.10 Å². The molecule has 2 aliphatic heterocycles. The number of carboxylic acid groups (broad SMARTS) is 1. The number of ether oxygens (including phenoxy) is 2. The Labute approximate surface area is 95.9 Å². The summed E-state index contributed by atoms with van der Waals surface area (Å²) in [5, 5.41) is 9.17. The summed E-state index contributed by atoms with van der Waals surface area (Å²) >= 11 is 0. The first-order chi connectivity index (χ1) is 7.46. The Morgan fingerprint density at radius 1 is 1.50 bits per heavy atom. The third-order valence-electron chi connectivity index (χ3n) is 4.20. The van der Waals surface area contributed by atoms with Crippen LogP contribution in [0.2, 0.25) is 0 Å². The minimum absolute atomic E-state index is 0.233. The highest BCUT2D eigenvalue weighted by Gasteiger charge is 2.52. The van der Waals surface area contributed by atoms with Crippen molar-refractivity contribution in [2.75, 3.05) is 7.11 Å². The maximum atomic E-state index is 11.2. The van der Waals surface area contributed by atoms with Crippen LogP contribution in [0.1, 0.15) is 33.1 Å². The van der Waals surface area contributed by atoms with Crippen molar-refractivity contribution in [2.24, 2.45) is 11.3 Å². The number of hydrogen-bond acceptors (Lipinski definition) is 3. The molecule has 2 aliphatic rings. The molecule has 0 aromatic carbocycles. The first-order valence-corrected chi connectivity index (χ1v) is 5.88. The highest BCUT2D eigenvalue weighted by Crippen LogP contribution is 2.49. The molecule has 4 atom stereocenters. The van der Waals surface area contributed by atoms with E-state index in [1.165, 1.54) is 7.11 Å². The predicted octanol–water partition coefficient (Wildman–Crippen LogP) is 1.68. The molecule has 4 nitrogen and oxygen atoms in total. The predicted molar refractivity (Wildman–Crippen MR) is 58.2 cm³/mol. The number of carboxylic acids is 1. The minimum Gasteiger partial charge on any atom is -0.479 e. The van der Waals surface area contributed by atoms with Gasteiger partial charge in [-0.3, -0.25) is 0 Å². The first kappa shape index (κ1) is 11.9. The van der Waals surface area contributed by atoms with Gasteiger partial charge in [-0.2, -0.15) is 0 Å². The Balaban J connectivity index is 2.14. The Morgan fingerprint density at radius 3 is 2.56 bits per heavy atom. The van der Waals surface area contributed by atoms with Crippen LogP contribution in [0.4, 0.5) is 0 Å². The van der Waals surface area contributed by atoms with Crippen molar-refractivity contribution in [3.05, 3.63) is 0 Å². The Bertz CT molecular complexity index is 287. The van der Waals surface area contributed by atoms with E-state index < -0.39 is 12.1 Å². The van der Waals surface area contributed by atoms with Crippen molar-refractivity contribution in [3.63, 3.8) is 0 Å². The molecule has 0 radical (unpaired) electrons. The molecular formula is C12H20O4. The molecule has 4 heteroatoms. The molecule has 0 aliphatic carbocycles. The topological polar surface area (TPSA) is 55.8 Å². The van der Waals surface area contributed by atoms with E-state index in [2.05, 4.69) is 0 Å². The van der Waals surface area contributed by atoms with E-state index in [0.29, 0.717) is 12.0 Å². The molecule has 0 aromatic heterocycles. The van der Waals surface area contributed by atoms with Gasteiger partial charge in [0, 0.05) is 12.5 Å². The Hall–Kier alpha value is -0.610. The molecule has 0 saturated carbocycles. The summed E-state index contributed by atoms with van der Waals surface area (Å²) in [6.07, 6.45) is 3.00. The number of aliphatic carboxylic acids is 1. The molecule has 2 saturated heterocycles. The molecule has 1 N–H and O–H groups in total. The lowest BCUT2D eigenvalue weighted by Gasteiger charge is -2.39. The van der Waals surface area contributed by atoms with Crippen molar-refractivity contribution in [3.8, 4) is 0 Å². The second kappa shape index (κ2) is 4.00. The zero-order valence-corrected chi connectivity index (χ0v) is 10.1. The summed E-state index contributed by atoms with van der Waals surface area (Å²) in [5.41, 5.74) is -0.375. The van der Waals surface area contributed by atoms with Gasteiger partial charge in [0.1, 0.15) is 0 Å². The van der Waals surface area contributed by atoms with Gasteiger partial charge in [-0.15, -0.1) is 0 Å². The van der Waals surface area contributed by atoms with E-state index in [-0.39, 0.29) is 11.5 Å². The molecule has 92 valence electrons. The van der Waals surface area contributed by atoms with Crippen molar-refractivity contribution >= 4 is 5.97 Å². The highest BCUT2D eigenvalue weighted by molar-refractivity contribution is 5.73. The Kier molecular flexibility index (Phi) is 2.97. The maximum Gasteiger partial charge on any atom is 0.333 e. The van der Waals surface area contributed by atoms with Crippen LogP contribution in [-0.2, 0) is 14.3 Å². The normalized spacial score (nSPS) is 35.3. The summed E-state index contributed by atoms with van der Waals surface area (Å²) in [5.74, 6) is -0.581. The molecular weight excluding hydrogens is 208 g/mol. The lowest BCUT2D eigenvalue weighted by atomic mass is 9.68. The summed E-state index contributed by atoms with van der Waals surface area (Å²) in [6.45, 7) is 3.95. The van der Waals surface area contributed by atoms with E-state index in [1.807, 2.05) is 13.8 Å². The van der Waals surface area contributed by atoms with Crippen LogP contribution in [0.15, 0.2) is 0 Å². The number of fused-ring (bicyclic) bond motifs is 2. The highest BCUT2D eigenvalue weighted by atomic mass is 16.5. The molecule has 16 heavy (non-hydrogen) atoms. The second-order valence-corrected chi connectivity index (χ2v) is 5.49. The molecule has 4 unspecified atom stereocenters. The number of rotatable bonds is 4. The van der Waals surface area contributed by atoms with Crippen molar-refractivity contribution in [1.82, 2.24) is 0 Å². The molecule has 2 bridgehead atoms. The van der Waals surface area contributed by atoms with E-state index >= 15 is 0 Å². The lowest BCUT2D eigenvalue weighted by Crippen LogP contribution is -2.46.